The second-order valence-corrected chi connectivity index (χ2v) is 4.99. The zero-order valence-corrected chi connectivity index (χ0v) is 12.3. The van der Waals surface area contributed by atoms with Crippen LogP contribution in [-0.2, 0) is 16.0 Å². The molecule has 0 saturated carbocycles. The van der Waals surface area contributed by atoms with Gasteiger partial charge in [-0.1, -0.05) is 41.9 Å². The smallest absolute Gasteiger partial charge is 0.228 e. The Bertz CT molecular complexity index is 657. The van der Waals surface area contributed by atoms with Crippen molar-refractivity contribution in [3.05, 3.63) is 59.1 Å². The molecule has 2 aromatic carbocycles. The topological polar surface area (TPSA) is 58.2 Å². The third kappa shape index (κ3) is 4.61. The highest BCUT2D eigenvalue weighted by Gasteiger charge is 2.08. The van der Waals surface area contributed by atoms with Gasteiger partial charge in [-0.05, 0) is 23.8 Å². The molecule has 2 N–H and O–H groups in total. The van der Waals surface area contributed by atoms with Crippen LogP contribution in [0.15, 0.2) is 48.5 Å². The van der Waals surface area contributed by atoms with Crippen molar-refractivity contribution in [3.63, 3.8) is 0 Å². The first kappa shape index (κ1) is 15.1. The average Bonchev–Trinajstić information content (AvgIpc) is 2.42. The molecule has 4 nitrogen and oxygen atoms in total. The molecule has 0 aliphatic carbocycles. The summed E-state index contributed by atoms with van der Waals surface area (Å²) >= 11 is 6.09. The van der Waals surface area contributed by atoms with Crippen molar-refractivity contribution in [2.75, 3.05) is 10.6 Å². The second kappa shape index (κ2) is 6.90. The monoisotopic (exact) mass is 302 g/mol. The summed E-state index contributed by atoms with van der Waals surface area (Å²) in [7, 11) is 0. The van der Waals surface area contributed by atoms with Crippen molar-refractivity contribution in [3.8, 4) is 0 Å². The van der Waals surface area contributed by atoms with E-state index >= 15 is 0 Å². The van der Waals surface area contributed by atoms with Crippen LogP contribution < -0.4 is 10.6 Å². The molecule has 0 spiro atoms. The number of carbonyl (C=O) groups is 2. The van der Waals surface area contributed by atoms with E-state index in [2.05, 4.69) is 10.6 Å². The van der Waals surface area contributed by atoms with Gasteiger partial charge in [0.25, 0.3) is 0 Å². The summed E-state index contributed by atoms with van der Waals surface area (Å²) in [6.07, 6.45) is 0.282. The summed E-state index contributed by atoms with van der Waals surface area (Å²) in [6.45, 7) is 1.42. The maximum atomic E-state index is 12.0. The van der Waals surface area contributed by atoms with E-state index in [-0.39, 0.29) is 18.2 Å². The Kier molecular flexibility index (Phi) is 4.95. The fraction of sp³-hybridized carbons (Fsp3) is 0.125. The quantitative estimate of drug-likeness (QED) is 0.908. The van der Waals surface area contributed by atoms with Gasteiger partial charge in [-0.2, -0.15) is 0 Å². The summed E-state index contributed by atoms with van der Waals surface area (Å²) in [4.78, 5) is 22.9. The number of anilines is 2. The number of halogens is 1. The minimum atomic E-state index is -0.174. The molecule has 0 aliphatic rings. The van der Waals surface area contributed by atoms with E-state index in [1.807, 2.05) is 30.3 Å². The lowest BCUT2D eigenvalue weighted by molar-refractivity contribution is -0.116. The van der Waals surface area contributed by atoms with Crippen LogP contribution in [-0.4, -0.2) is 11.8 Å². The van der Waals surface area contributed by atoms with Crippen LogP contribution in [0.25, 0.3) is 0 Å². The van der Waals surface area contributed by atoms with Gasteiger partial charge in [0.2, 0.25) is 11.8 Å². The molecule has 5 heteroatoms. The van der Waals surface area contributed by atoms with Gasteiger partial charge in [-0.3, -0.25) is 9.59 Å². The highest BCUT2D eigenvalue weighted by atomic mass is 35.5. The SMILES string of the molecule is CC(=O)Nc1ccc(NC(=O)Cc2ccccc2)c(Cl)c1. The molecule has 0 fully saturated rings. The van der Waals surface area contributed by atoms with Crippen molar-refractivity contribution in [2.45, 2.75) is 13.3 Å². The van der Waals surface area contributed by atoms with Crippen LogP contribution >= 0.6 is 11.6 Å². The molecular formula is C16H15ClN2O2. The Balaban J connectivity index is 2.02. The van der Waals surface area contributed by atoms with Crippen LogP contribution in [0.3, 0.4) is 0 Å². The second-order valence-electron chi connectivity index (χ2n) is 4.59. The fourth-order valence-electron chi connectivity index (χ4n) is 1.87. The van der Waals surface area contributed by atoms with E-state index in [1.165, 1.54) is 6.92 Å². The van der Waals surface area contributed by atoms with Crippen LogP contribution in [0.1, 0.15) is 12.5 Å². The van der Waals surface area contributed by atoms with Crippen LogP contribution in [0.5, 0.6) is 0 Å². The number of benzene rings is 2. The molecule has 0 saturated heterocycles. The van der Waals surface area contributed by atoms with Gasteiger partial charge in [0.15, 0.2) is 0 Å². The molecule has 2 amide bonds. The molecular weight excluding hydrogens is 288 g/mol. The molecule has 2 aromatic rings. The minimum Gasteiger partial charge on any atom is -0.326 e. The molecule has 0 heterocycles. The number of rotatable bonds is 4. The van der Waals surface area contributed by atoms with Gasteiger partial charge in [-0.25, -0.2) is 0 Å². The van der Waals surface area contributed by atoms with Gasteiger partial charge >= 0.3 is 0 Å². The molecule has 0 unspecified atom stereocenters. The highest BCUT2D eigenvalue weighted by Crippen LogP contribution is 2.25. The Hall–Kier alpha value is -2.33. The lowest BCUT2D eigenvalue weighted by Crippen LogP contribution is -2.14. The summed E-state index contributed by atoms with van der Waals surface area (Å²) in [5.74, 6) is -0.317. The van der Waals surface area contributed by atoms with Crippen LogP contribution in [0.4, 0.5) is 11.4 Å². The number of amides is 2. The fourth-order valence-corrected chi connectivity index (χ4v) is 2.10. The summed E-state index contributed by atoms with van der Waals surface area (Å²) in [6, 6.07) is 14.4. The summed E-state index contributed by atoms with van der Waals surface area (Å²) in [5, 5.41) is 5.76. The van der Waals surface area contributed by atoms with E-state index in [0.717, 1.165) is 5.56 Å². The molecule has 0 atom stereocenters. The maximum Gasteiger partial charge on any atom is 0.228 e. The highest BCUT2D eigenvalue weighted by molar-refractivity contribution is 6.34. The molecule has 21 heavy (non-hydrogen) atoms. The van der Waals surface area contributed by atoms with Crippen LogP contribution in [0.2, 0.25) is 5.02 Å². The van der Waals surface area contributed by atoms with E-state index < -0.39 is 0 Å². The first-order valence-corrected chi connectivity index (χ1v) is 6.83. The molecule has 0 aliphatic heterocycles. The minimum absolute atomic E-state index is 0.143. The van der Waals surface area contributed by atoms with Crippen molar-refractivity contribution < 1.29 is 9.59 Å². The number of carbonyl (C=O) groups excluding carboxylic acids is 2. The van der Waals surface area contributed by atoms with E-state index in [1.54, 1.807) is 18.2 Å². The Morgan fingerprint density at radius 3 is 2.38 bits per heavy atom. The standard InChI is InChI=1S/C16H15ClN2O2/c1-11(20)18-13-7-8-15(14(17)10-13)19-16(21)9-12-5-3-2-4-6-12/h2-8,10H,9H2,1H3,(H,18,20)(H,19,21). The lowest BCUT2D eigenvalue weighted by Gasteiger charge is -2.09. The lowest BCUT2D eigenvalue weighted by atomic mass is 10.1. The summed E-state index contributed by atoms with van der Waals surface area (Å²) < 4.78 is 0. The molecule has 0 bridgehead atoms. The van der Waals surface area contributed by atoms with Crippen LogP contribution in [0, 0.1) is 0 Å². The predicted molar refractivity (Wildman–Crippen MR) is 84.5 cm³/mol. The summed E-state index contributed by atoms with van der Waals surface area (Å²) in [5.41, 5.74) is 2.04. The largest absolute Gasteiger partial charge is 0.326 e. The Morgan fingerprint density at radius 2 is 1.76 bits per heavy atom. The number of hydrogen-bond donors (Lipinski definition) is 2. The molecule has 0 radical (unpaired) electrons. The van der Waals surface area contributed by atoms with Crippen molar-refractivity contribution in [1.29, 1.82) is 0 Å². The third-order valence-electron chi connectivity index (χ3n) is 2.77. The zero-order valence-electron chi connectivity index (χ0n) is 11.5. The number of nitrogens with one attached hydrogen (secondary N) is 2. The van der Waals surface area contributed by atoms with Crippen molar-refractivity contribution in [2.24, 2.45) is 0 Å². The van der Waals surface area contributed by atoms with Crippen molar-refractivity contribution in [1.82, 2.24) is 0 Å². The molecule has 0 aromatic heterocycles. The van der Waals surface area contributed by atoms with E-state index in [4.69, 9.17) is 11.6 Å². The van der Waals surface area contributed by atoms with Gasteiger partial charge in [0.05, 0.1) is 17.1 Å². The zero-order chi connectivity index (χ0) is 15.2. The Morgan fingerprint density at radius 1 is 1.05 bits per heavy atom. The third-order valence-corrected chi connectivity index (χ3v) is 3.08. The molecule has 108 valence electrons. The first-order valence-electron chi connectivity index (χ1n) is 6.45. The Labute approximate surface area is 128 Å². The number of hydrogen-bond acceptors (Lipinski definition) is 2. The van der Waals surface area contributed by atoms with E-state index in [0.29, 0.717) is 16.4 Å². The normalized spacial score (nSPS) is 10.0. The maximum absolute atomic E-state index is 12.0. The average molecular weight is 303 g/mol. The first-order chi connectivity index (χ1) is 10.0. The molecule has 2 rings (SSSR count). The van der Waals surface area contributed by atoms with Gasteiger partial charge in [0, 0.05) is 12.6 Å². The van der Waals surface area contributed by atoms with Gasteiger partial charge < -0.3 is 10.6 Å². The predicted octanol–water partition coefficient (Wildman–Crippen LogP) is 3.48. The van der Waals surface area contributed by atoms with Gasteiger partial charge in [0.1, 0.15) is 0 Å². The van der Waals surface area contributed by atoms with Gasteiger partial charge in [-0.15, -0.1) is 0 Å². The van der Waals surface area contributed by atoms with Crippen molar-refractivity contribution >= 4 is 34.8 Å². The van der Waals surface area contributed by atoms with E-state index in [9.17, 15) is 9.59 Å².